The van der Waals surface area contributed by atoms with Gasteiger partial charge in [-0.2, -0.15) is 0 Å². The van der Waals surface area contributed by atoms with Crippen molar-refractivity contribution in [2.75, 3.05) is 13.1 Å². The van der Waals surface area contributed by atoms with E-state index in [0.29, 0.717) is 0 Å². The van der Waals surface area contributed by atoms with E-state index in [4.69, 9.17) is 5.11 Å². The van der Waals surface area contributed by atoms with Gasteiger partial charge in [-0.15, -0.1) is 0 Å². The molecule has 2 heteroatoms. The van der Waals surface area contributed by atoms with Crippen LogP contribution in [-0.4, -0.2) is 24.3 Å². The summed E-state index contributed by atoms with van der Waals surface area (Å²) >= 11 is 0. The molecule has 0 aromatic rings. The highest BCUT2D eigenvalue weighted by molar-refractivity contribution is 4.53. The summed E-state index contributed by atoms with van der Waals surface area (Å²) in [6, 6.07) is 0. The van der Waals surface area contributed by atoms with Crippen LogP contribution in [0.5, 0.6) is 0 Å². The molecule has 0 saturated carbocycles. The summed E-state index contributed by atoms with van der Waals surface area (Å²) in [5, 5.41) is 12.3. The zero-order valence-corrected chi connectivity index (χ0v) is 11.3. The molecule has 2 nitrogen and oxygen atoms in total. The molecule has 0 rings (SSSR count). The second kappa shape index (κ2) is 13.0. The third kappa shape index (κ3) is 13.9. The highest BCUT2D eigenvalue weighted by Crippen LogP contribution is 2.09. The van der Waals surface area contributed by atoms with E-state index in [1.807, 2.05) is 6.92 Å². The third-order valence-corrected chi connectivity index (χ3v) is 2.90. The van der Waals surface area contributed by atoms with Gasteiger partial charge in [-0.05, 0) is 19.9 Å². The average Bonchev–Trinajstić information content (AvgIpc) is 2.25. The van der Waals surface area contributed by atoms with E-state index in [2.05, 4.69) is 12.2 Å². The lowest BCUT2D eigenvalue weighted by molar-refractivity contribution is 0.191. The molecule has 2 N–H and O–H groups in total. The monoisotopic (exact) mass is 229 g/mol. The Morgan fingerprint density at radius 2 is 1.38 bits per heavy atom. The summed E-state index contributed by atoms with van der Waals surface area (Å²) < 4.78 is 0. The Balaban J connectivity index is 2.88. The number of rotatable bonds is 12. The standard InChI is InChI=1S/C14H31NO/c1-3-4-5-6-7-8-9-10-11-12-15-13-14(2)16/h14-16H,3-13H2,1-2H3. The summed E-state index contributed by atoms with van der Waals surface area (Å²) in [5.74, 6) is 0. The van der Waals surface area contributed by atoms with E-state index in [1.165, 1.54) is 57.8 Å². The van der Waals surface area contributed by atoms with Gasteiger partial charge in [0.25, 0.3) is 0 Å². The van der Waals surface area contributed by atoms with Gasteiger partial charge < -0.3 is 10.4 Å². The predicted octanol–water partition coefficient (Wildman–Crippen LogP) is 3.49. The van der Waals surface area contributed by atoms with Gasteiger partial charge in [-0.3, -0.25) is 0 Å². The topological polar surface area (TPSA) is 32.3 Å². The highest BCUT2D eigenvalue weighted by atomic mass is 16.3. The Bertz CT molecular complexity index is 126. The van der Waals surface area contributed by atoms with Crippen molar-refractivity contribution in [2.45, 2.75) is 77.7 Å². The number of aliphatic hydroxyl groups excluding tert-OH is 1. The highest BCUT2D eigenvalue weighted by Gasteiger charge is 1.94. The third-order valence-electron chi connectivity index (χ3n) is 2.90. The minimum Gasteiger partial charge on any atom is -0.392 e. The van der Waals surface area contributed by atoms with Crippen LogP contribution in [0.15, 0.2) is 0 Å². The SMILES string of the molecule is CCCCCCCCCCCNCC(C)O. The van der Waals surface area contributed by atoms with Gasteiger partial charge in [-0.1, -0.05) is 58.3 Å². The maximum Gasteiger partial charge on any atom is 0.0636 e. The number of hydrogen-bond donors (Lipinski definition) is 2. The van der Waals surface area contributed by atoms with Crippen LogP contribution in [0.3, 0.4) is 0 Å². The van der Waals surface area contributed by atoms with Gasteiger partial charge in [0.1, 0.15) is 0 Å². The van der Waals surface area contributed by atoms with E-state index in [-0.39, 0.29) is 6.10 Å². The first-order valence-corrected chi connectivity index (χ1v) is 7.16. The molecule has 0 aliphatic carbocycles. The quantitative estimate of drug-likeness (QED) is 0.502. The average molecular weight is 229 g/mol. The van der Waals surface area contributed by atoms with Crippen LogP contribution in [-0.2, 0) is 0 Å². The molecule has 1 unspecified atom stereocenters. The van der Waals surface area contributed by atoms with Gasteiger partial charge >= 0.3 is 0 Å². The van der Waals surface area contributed by atoms with Crippen LogP contribution in [0.1, 0.15) is 71.6 Å². The first-order chi connectivity index (χ1) is 7.77. The molecule has 1 atom stereocenters. The summed E-state index contributed by atoms with van der Waals surface area (Å²) in [7, 11) is 0. The van der Waals surface area contributed by atoms with Crippen LogP contribution in [0.4, 0.5) is 0 Å². The van der Waals surface area contributed by atoms with Gasteiger partial charge in [0.05, 0.1) is 6.10 Å². The van der Waals surface area contributed by atoms with Crippen LogP contribution >= 0.6 is 0 Å². The van der Waals surface area contributed by atoms with Gasteiger partial charge in [0, 0.05) is 6.54 Å². The lowest BCUT2D eigenvalue weighted by Crippen LogP contribution is -2.25. The van der Waals surface area contributed by atoms with Gasteiger partial charge in [-0.25, -0.2) is 0 Å². The molecule has 0 aromatic carbocycles. The largest absolute Gasteiger partial charge is 0.392 e. The van der Waals surface area contributed by atoms with Gasteiger partial charge in [0.15, 0.2) is 0 Å². The Labute approximate surface area is 102 Å². The molecule has 98 valence electrons. The van der Waals surface area contributed by atoms with Crippen LogP contribution in [0, 0.1) is 0 Å². The van der Waals surface area contributed by atoms with Crippen LogP contribution in [0.2, 0.25) is 0 Å². The Kier molecular flexibility index (Phi) is 12.9. The second-order valence-electron chi connectivity index (χ2n) is 4.88. The van der Waals surface area contributed by atoms with Crippen molar-refractivity contribution < 1.29 is 5.11 Å². The Hall–Kier alpha value is -0.0800. The van der Waals surface area contributed by atoms with E-state index in [1.54, 1.807) is 0 Å². The number of aliphatic hydroxyl groups is 1. The summed E-state index contributed by atoms with van der Waals surface area (Å²) in [6.45, 7) is 5.88. The maximum atomic E-state index is 9.03. The molecule has 0 saturated heterocycles. The molecular formula is C14H31NO. The molecule has 0 aliphatic heterocycles. The van der Waals surface area contributed by atoms with Gasteiger partial charge in [0.2, 0.25) is 0 Å². The smallest absolute Gasteiger partial charge is 0.0636 e. The van der Waals surface area contributed by atoms with E-state index in [0.717, 1.165) is 13.1 Å². The van der Waals surface area contributed by atoms with Crippen molar-refractivity contribution in [3.63, 3.8) is 0 Å². The van der Waals surface area contributed by atoms with E-state index in [9.17, 15) is 0 Å². The maximum absolute atomic E-state index is 9.03. The molecule has 0 bridgehead atoms. The van der Waals surface area contributed by atoms with Crippen molar-refractivity contribution in [3.8, 4) is 0 Å². The molecule has 0 aliphatic rings. The van der Waals surface area contributed by atoms with Crippen molar-refractivity contribution in [1.29, 1.82) is 0 Å². The van der Waals surface area contributed by atoms with Crippen molar-refractivity contribution in [1.82, 2.24) is 5.32 Å². The normalized spacial score (nSPS) is 12.9. The zero-order valence-electron chi connectivity index (χ0n) is 11.3. The second-order valence-corrected chi connectivity index (χ2v) is 4.88. The molecule has 0 fully saturated rings. The molecule has 0 spiro atoms. The lowest BCUT2D eigenvalue weighted by Gasteiger charge is -2.06. The summed E-state index contributed by atoms with van der Waals surface area (Å²) in [5.41, 5.74) is 0. The van der Waals surface area contributed by atoms with Crippen LogP contribution in [0.25, 0.3) is 0 Å². The minimum absolute atomic E-state index is 0.210. The minimum atomic E-state index is -0.210. The molecule has 0 aromatic heterocycles. The Morgan fingerprint density at radius 3 is 1.88 bits per heavy atom. The van der Waals surface area contributed by atoms with E-state index < -0.39 is 0 Å². The number of nitrogens with one attached hydrogen (secondary N) is 1. The first kappa shape index (κ1) is 15.9. The molecule has 0 radical (unpaired) electrons. The lowest BCUT2D eigenvalue weighted by atomic mass is 10.1. The fourth-order valence-corrected chi connectivity index (χ4v) is 1.87. The zero-order chi connectivity index (χ0) is 12.1. The van der Waals surface area contributed by atoms with Crippen molar-refractivity contribution >= 4 is 0 Å². The summed E-state index contributed by atoms with van der Waals surface area (Å²) in [4.78, 5) is 0. The van der Waals surface area contributed by atoms with Crippen molar-refractivity contribution in [2.24, 2.45) is 0 Å². The first-order valence-electron chi connectivity index (χ1n) is 7.16. The van der Waals surface area contributed by atoms with E-state index >= 15 is 0 Å². The molecule has 16 heavy (non-hydrogen) atoms. The number of unbranched alkanes of at least 4 members (excludes halogenated alkanes) is 8. The predicted molar refractivity (Wildman–Crippen MR) is 71.8 cm³/mol. The molecule has 0 heterocycles. The van der Waals surface area contributed by atoms with Crippen molar-refractivity contribution in [3.05, 3.63) is 0 Å². The number of hydrogen-bond acceptors (Lipinski definition) is 2. The Morgan fingerprint density at radius 1 is 0.875 bits per heavy atom. The summed E-state index contributed by atoms with van der Waals surface area (Å²) in [6.07, 6.45) is 12.2. The van der Waals surface area contributed by atoms with Crippen LogP contribution < -0.4 is 5.32 Å². The molecule has 0 amide bonds. The molecular weight excluding hydrogens is 198 g/mol. The fourth-order valence-electron chi connectivity index (χ4n) is 1.87. The fraction of sp³-hybridized carbons (Fsp3) is 1.00.